The smallest absolute Gasteiger partial charge is 0.242 e. The van der Waals surface area contributed by atoms with Gasteiger partial charge in [0, 0.05) is 37.3 Å². The number of amides is 2. The second-order valence-corrected chi connectivity index (χ2v) is 6.48. The predicted octanol–water partition coefficient (Wildman–Crippen LogP) is 1.11. The lowest BCUT2D eigenvalue weighted by Gasteiger charge is -2.30. The average molecular weight is 292 g/mol. The fourth-order valence-corrected chi connectivity index (χ4v) is 2.57. The van der Waals surface area contributed by atoms with E-state index in [0.717, 1.165) is 18.7 Å². The number of hydrogen-bond donors (Lipinski definition) is 2. The minimum absolute atomic E-state index is 0.0474. The van der Waals surface area contributed by atoms with Gasteiger partial charge in [0.1, 0.15) is 11.9 Å². The Bertz CT molecular complexity index is 490. The molecule has 0 bridgehead atoms. The summed E-state index contributed by atoms with van der Waals surface area (Å²) in [7, 11) is 0. The highest BCUT2D eigenvalue weighted by Crippen LogP contribution is 2.25. The first-order valence-electron chi connectivity index (χ1n) is 7.46. The Kier molecular flexibility index (Phi) is 4.65. The van der Waals surface area contributed by atoms with Gasteiger partial charge in [-0.15, -0.1) is 0 Å². The SMILES string of the molecule is CC(C)(C)C(=O)N1CCCC1C(=O)NCCc1ncc[nH]1. The Hall–Kier alpha value is -1.85. The van der Waals surface area contributed by atoms with Crippen LogP contribution in [-0.2, 0) is 16.0 Å². The molecule has 2 rings (SSSR count). The van der Waals surface area contributed by atoms with Crippen molar-refractivity contribution < 1.29 is 9.59 Å². The van der Waals surface area contributed by atoms with Gasteiger partial charge in [0.2, 0.25) is 11.8 Å². The van der Waals surface area contributed by atoms with Crippen molar-refractivity contribution in [3.05, 3.63) is 18.2 Å². The molecular formula is C15H24N4O2. The van der Waals surface area contributed by atoms with Crippen molar-refractivity contribution in [2.24, 2.45) is 5.41 Å². The molecule has 0 aliphatic carbocycles. The number of nitrogens with one attached hydrogen (secondary N) is 2. The molecule has 21 heavy (non-hydrogen) atoms. The van der Waals surface area contributed by atoms with E-state index in [1.165, 1.54) is 0 Å². The van der Waals surface area contributed by atoms with E-state index in [-0.39, 0.29) is 17.9 Å². The van der Waals surface area contributed by atoms with Gasteiger partial charge in [-0.1, -0.05) is 20.8 Å². The topological polar surface area (TPSA) is 78.1 Å². The molecule has 6 heteroatoms. The summed E-state index contributed by atoms with van der Waals surface area (Å²) < 4.78 is 0. The molecule has 6 nitrogen and oxygen atoms in total. The quantitative estimate of drug-likeness (QED) is 0.872. The van der Waals surface area contributed by atoms with Crippen molar-refractivity contribution >= 4 is 11.8 Å². The highest BCUT2D eigenvalue weighted by Gasteiger charge is 2.38. The van der Waals surface area contributed by atoms with E-state index in [9.17, 15) is 9.59 Å². The molecule has 0 aromatic carbocycles. The molecule has 1 saturated heterocycles. The minimum atomic E-state index is -0.447. The number of carbonyl (C=O) groups excluding carboxylic acids is 2. The van der Waals surface area contributed by atoms with Crippen LogP contribution in [0.1, 0.15) is 39.4 Å². The maximum absolute atomic E-state index is 12.4. The van der Waals surface area contributed by atoms with Crippen LogP contribution in [0.25, 0.3) is 0 Å². The number of likely N-dealkylation sites (tertiary alicyclic amines) is 1. The van der Waals surface area contributed by atoms with Crippen LogP contribution in [0, 0.1) is 5.41 Å². The third kappa shape index (κ3) is 3.83. The lowest BCUT2D eigenvalue weighted by Crippen LogP contribution is -2.49. The van der Waals surface area contributed by atoms with Gasteiger partial charge in [-0.05, 0) is 12.8 Å². The summed E-state index contributed by atoms with van der Waals surface area (Å²) in [5, 5.41) is 2.91. The van der Waals surface area contributed by atoms with E-state index in [0.29, 0.717) is 19.5 Å². The van der Waals surface area contributed by atoms with E-state index in [2.05, 4.69) is 15.3 Å². The standard InChI is InChI=1S/C15H24N4O2/c1-15(2,3)14(21)19-10-4-5-11(19)13(20)18-7-6-12-16-8-9-17-12/h8-9,11H,4-7,10H2,1-3H3,(H,16,17)(H,18,20). The number of aromatic amines is 1. The van der Waals surface area contributed by atoms with Crippen molar-refractivity contribution in [1.29, 1.82) is 0 Å². The Morgan fingerprint density at radius 2 is 2.24 bits per heavy atom. The molecule has 2 heterocycles. The van der Waals surface area contributed by atoms with Crippen molar-refractivity contribution in [1.82, 2.24) is 20.2 Å². The summed E-state index contributed by atoms with van der Waals surface area (Å²) in [5.74, 6) is 0.840. The summed E-state index contributed by atoms with van der Waals surface area (Å²) in [5.41, 5.74) is -0.447. The number of rotatable bonds is 4. The number of hydrogen-bond acceptors (Lipinski definition) is 3. The molecular weight excluding hydrogens is 268 g/mol. The summed E-state index contributed by atoms with van der Waals surface area (Å²) in [4.78, 5) is 33.5. The molecule has 1 aliphatic heterocycles. The summed E-state index contributed by atoms with van der Waals surface area (Å²) in [6.45, 7) is 6.87. The largest absolute Gasteiger partial charge is 0.354 e. The zero-order valence-corrected chi connectivity index (χ0v) is 13.0. The zero-order chi connectivity index (χ0) is 15.5. The molecule has 2 amide bonds. The molecule has 1 aromatic rings. The van der Waals surface area contributed by atoms with Crippen LogP contribution in [0.15, 0.2) is 12.4 Å². The van der Waals surface area contributed by atoms with Crippen LogP contribution >= 0.6 is 0 Å². The van der Waals surface area contributed by atoms with Gasteiger partial charge in [0.05, 0.1) is 0 Å². The highest BCUT2D eigenvalue weighted by atomic mass is 16.2. The van der Waals surface area contributed by atoms with Crippen LogP contribution in [0.3, 0.4) is 0 Å². The summed E-state index contributed by atoms with van der Waals surface area (Å²) in [6.07, 6.45) is 5.75. The normalized spacial score (nSPS) is 18.8. The second kappa shape index (κ2) is 6.28. The van der Waals surface area contributed by atoms with Gasteiger partial charge >= 0.3 is 0 Å². The van der Waals surface area contributed by atoms with Crippen molar-refractivity contribution in [3.63, 3.8) is 0 Å². The second-order valence-electron chi connectivity index (χ2n) is 6.48. The number of nitrogens with zero attached hydrogens (tertiary/aromatic N) is 2. The van der Waals surface area contributed by atoms with Gasteiger partial charge < -0.3 is 15.2 Å². The molecule has 0 radical (unpaired) electrons. The van der Waals surface area contributed by atoms with Gasteiger partial charge in [-0.2, -0.15) is 0 Å². The number of aromatic nitrogens is 2. The summed E-state index contributed by atoms with van der Waals surface area (Å²) >= 11 is 0. The Labute approximate surface area is 125 Å². The first-order valence-corrected chi connectivity index (χ1v) is 7.46. The fourth-order valence-electron chi connectivity index (χ4n) is 2.57. The predicted molar refractivity (Wildman–Crippen MR) is 79.5 cm³/mol. The van der Waals surface area contributed by atoms with Crippen LogP contribution < -0.4 is 5.32 Å². The molecule has 2 N–H and O–H groups in total. The molecule has 1 atom stereocenters. The monoisotopic (exact) mass is 292 g/mol. The van der Waals surface area contributed by atoms with Gasteiger partial charge in [0.15, 0.2) is 0 Å². The molecule has 0 spiro atoms. The number of carbonyl (C=O) groups is 2. The lowest BCUT2D eigenvalue weighted by atomic mass is 9.94. The third-order valence-corrected chi connectivity index (χ3v) is 3.67. The van der Waals surface area contributed by atoms with Gasteiger partial charge in [0.25, 0.3) is 0 Å². The minimum Gasteiger partial charge on any atom is -0.354 e. The Morgan fingerprint density at radius 1 is 1.48 bits per heavy atom. The van der Waals surface area contributed by atoms with Crippen molar-refractivity contribution in [2.45, 2.75) is 46.1 Å². The number of H-pyrrole nitrogens is 1. The van der Waals surface area contributed by atoms with Gasteiger partial charge in [-0.3, -0.25) is 9.59 Å². The maximum atomic E-state index is 12.4. The lowest BCUT2D eigenvalue weighted by molar-refractivity contribution is -0.144. The first-order chi connectivity index (χ1) is 9.89. The Morgan fingerprint density at radius 3 is 2.86 bits per heavy atom. The summed E-state index contributed by atoms with van der Waals surface area (Å²) in [6, 6.07) is -0.326. The molecule has 116 valence electrons. The molecule has 1 aliphatic rings. The average Bonchev–Trinajstić information content (AvgIpc) is 3.07. The maximum Gasteiger partial charge on any atom is 0.242 e. The van der Waals surface area contributed by atoms with E-state index < -0.39 is 5.41 Å². The third-order valence-electron chi connectivity index (χ3n) is 3.67. The molecule has 1 fully saturated rings. The van der Waals surface area contributed by atoms with Crippen LogP contribution in [-0.4, -0.2) is 45.8 Å². The first kappa shape index (κ1) is 15.5. The van der Waals surface area contributed by atoms with E-state index in [4.69, 9.17) is 0 Å². The van der Waals surface area contributed by atoms with Crippen molar-refractivity contribution in [2.75, 3.05) is 13.1 Å². The molecule has 1 unspecified atom stereocenters. The van der Waals surface area contributed by atoms with E-state index in [1.807, 2.05) is 20.8 Å². The zero-order valence-electron chi connectivity index (χ0n) is 13.0. The van der Waals surface area contributed by atoms with Crippen LogP contribution in [0.4, 0.5) is 0 Å². The number of imidazole rings is 1. The molecule has 0 saturated carbocycles. The van der Waals surface area contributed by atoms with Crippen LogP contribution in [0.5, 0.6) is 0 Å². The Balaban J connectivity index is 1.87. The van der Waals surface area contributed by atoms with Crippen LogP contribution in [0.2, 0.25) is 0 Å². The molecule has 1 aromatic heterocycles. The van der Waals surface area contributed by atoms with E-state index >= 15 is 0 Å². The van der Waals surface area contributed by atoms with Crippen molar-refractivity contribution in [3.8, 4) is 0 Å². The van der Waals surface area contributed by atoms with Gasteiger partial charge in [-0.25, -0.2) is 4.98 Å². The fraction of sp³-hybridized carbons (Fsp3) is 0.667. The van der Waals surface area contributed by atoms with E-state index in [1.54, 1.807) is 17.3 Å². The highest BCUT2D eigenvalue weighted by molar-refractivity contribution is 5.90.